The molecule has 0 bridgehead atoms. The highest BCUT2D eigenvalue weighted by molar-refractivity contribution is 6.09. The Morgan fingerprint density at radius 3 is 2.72 bits per heavy atom. The summed E-state index contributed by atoms with van der Waals surface area (Å²) in [4.78, 5) is 11.0. The Bertz CT molecular complexity index is 915. The summed E-state index contributed by atoms with van der Waals surface area (Å²) in [6.45, 7) is 4.82. The lowest BCUT2D eigenvalue weighted by Crippen LogP contribution is -2.35. The Labute approximate surface area is 171 Å². The summed E-state index contributed by atoms with van der Waals surface area (Å²) in [5.41, 5.74) is 22.0. The maximum Gasteiger partial charge on any atom is 0.128 e. The van der Waals surface area contributed by atoms with Crippen LogP contribution in [0.2, 0.25) is 0 Å². The fraction of sp³-hybridized carbons (Fsp3) is 0.273. The minimum absolute atomic E-state index is 0.420. The van der Waals surface area contributed by atoms with Crippen LogP contribution in [-0.2, 0) is 4.74 Å². The number of benzene rings is 1. The van der Waals surface area contributed by atoms with E-state index in [4.69, 9.17) is 26.9 Å². The van der Waals surface area contributed by atoms with Gasteiger partial charge in [-0.3, -0.25) is 0 Å². The van der Waals surface area contributed by atoms with Crippen molar-refractivity contribution in [3.8, 4) is 0 Å². The van der Waals surface area contributed by atoms with Crippen molar-refractivity contribution in [2.45, 2.75) is 13.0 Å². The van der Waals surface area contributed by atoms with Crippen molar-refractivity contribution >= 4 is 17.6 Å². The van der Waals surface area contributed by atoms with Gasteiger partial charge in [-0.05, 0) is 24.6 Å². The maximum absolute atomic E-state index is 6.41. The molecule has 1 aliphatic heterocycles. The van der Waals surface area contributed by atoms with Gasteiger partial charge in [-0.2, -0.15) is 0 Å². The number of rotatable bonds is 6. The van der Waals surface area contributed by atoms with E-state index >= 15 is 0 Å². The van der Waals surface area contributed by atoms with Crippen molar-refractivity contribution in [1.29, 1.82) is 0 Å². The quantitative estimate of drug-likeness (QED) is 0.649. The molecule has 1 atom stereocenters. The number of ether oxygens (including phenoxy) is 1. The molecule has 0 saturated carbocycles. The second-order valence-electron chi connectivity index (χ2n) is 6.88. The van der Waals surface area contributed by atoms with Gasteiger partial charge in [0.2, 0.25) is 0 Å². The van der Waals surface area contributed by atoms with E-state index in [9.17, 15) is 0 Å². The lowest BCUT2D eigenvalue weighted by molar-refractivity contribution is 0.0530. The minimum Gasteiger partial charge on any atom is -0.404 e. The SMILES string of the molecule is Cc1cccc(C(C=N/C(=C/C(N)c2cccnc2N)N2CCOCC2)=CN)c1. The average molecular weight is 393 g/mol. The number of hydrogen-bond donors (Lipinski definition) is 3. The number of hydrogen-bond acceptors (Lipinski definition) is 7. The molecule has 2 heterocycles. The van der Waals surface area contributed by atoms with E-state index in [1.807, 2.05) is 43.3 Å². The van der Waals surface area contributed by atoms with Gasteiger partial charge in [-0.15, -0.1) is 0 Å². The second-order valence-corrected chi connectivity index (χ2v) is 6.88. The van der Waals surface area contributed by atoms with E-state index in [0.717, 1.165) is 41.2 Å². The number of nitrogens with zero attached hydrogens (tertiary/aromatic N) is 3. The molecule has 1 saturated heterocycles. The van der Waals surface area contributed by atoms with E-state index in [2.05, 4.69) is 16.0 Å². The molecule has 6 N–H and O–H groups in total. The Balaban J connectivity index is 1.91. The van der Waals surface area contributed by atoms with Gasteiger partial charge in [-0.25, -0.2) is 9.98 Å². The van der Waals surface area contributed by atoms with Crippen molar-refractivity contribution in [3.63, 3.8) is 0 Å². The molecule has 1 fully saturated rings. The van der Waals surface area contributed by atoms with Crippen LogP contribution in [0.15, 0.2) is 65.7 Å². The second kappa shape index (κ2) is 9.86. The van der Waals surface area contributed by atoms with Crippen LogP contribution in [0.1, 0.15) is 22.7 Å². The topological polar surface area (TPSA) is 116 Å². The predicted octanol–water partition coefficient (Wildman–Crippen LogP) is 2.22. The molecular formula is C22H28N6O. The Morgan fingerprint density at radius 1 is 1.24 bits per heavy atom. The van der Waals surface area contributed by atoms with Gasteiger partial charge < -0.3 is 26.8 Å². The lowest BCUT2D eigenvalue weighted by atomic mass is 10.1. The molecule has 0 spiro atoms. The van der Waals surface area contributed by atoms with Crippen LogP contribution in [0.25, 0.3) is 5.57 Å². The van der Waals surface area contributed by atoms with Crippen molar-refractivity contribution in [2.75, 3.05) is 32.0 Å². The van der Waals surface area contributed by atoms with E-state index in [0.29, 0.717) is 19.0 Å². The summed E-state index contributed by atoms with van der Waals surface area (Å²) < 4.78 is 5.47. The van der Waals surface area contributed by atoms with E-state index in [-0.39, 0.29) is 0 Å². The number of aromatic nitrogens is 1. The zero-order valence-electron chi connectivity index (χ0n) is 16.7. The maximum atomic E-state index is 6.41. The molecule has 0 aliphatic carbocycles. The van der Waals surface area contributed by atoms with Crippen LogP contribution in [0.4, 0.5) is 5.82 Å². The van der Waals surface area contributed by atoms with Gasteiger partial charge in [0, 0.05) is 42.8 Å². The van der Waals surface area contributed by atoms with Gasteiger partial charge in [0.1, 0.15) is 11.6 Å². The van der Waals surface area contributed by atoms with E-state index in [1.54, 1.807) is 18.6 Å². The van der Waals surface area contributed by atoms with Crippen LogP contribution in [0.3, 0.4) is 0 Å². The minimum atomic E-state index is -0.428. The lowest BCUT2D eigenvalue weighted by Gasteiger charge is -2.29. The molecule has 0 amide bonds. The first kappa shape index (κ1) is 20.6. The number of aryl methyl sites for hydroxylation is 1. The standard InChI is InChI=1S/C22H28N6O/c1-16-4-2-5-17(12-16)18(14-23)15-27-21(28-8-10-29-11-9-28)13-20(24)19-6-3-7-26-22(19)25/h2-7,12-15,20H,8-11,23-24H2,1H3,(H2,25,26)/b18-14?,21-13-,27-15?. The van der Waals surface area contributed by atoms with Gasteiger partial charge in [0.05, 0.1) is 19.3 Å². The van der Waals surface area contributed by atoms with Gasteiger partial charge in [0.15, 0.2) is 0 Å². The molecule has 1 aromatic heterocycles. The highest BCUT2D eigenvalue weighted by Gasteiger charge is 2.16. The molecule has 1 aliphatic rings. The van der Waals surface area contributed by atoms with Crippen molar-refractivity contribution in [1.82, 2.24) is 9.88 Å². The summed E-state index contributed by atoms with van der Waals surface area (Å²) in [6.07, 6.45) is 6.89. The van der Waals surface area contributed by atoms with Crippen molar-refractivity contribution < 1.29 is 4.74 Å². The summed E-state index contributed by atoms with van der Waals surface area (Å²) in [7, 11) is 0. The molecule has 1 aromatic carbocycles. The predicted molar refractivity (Wildman–Crippen MR) is 118 cm³/mol. The fourth-order valence-electron chi connectivity index (χ4n) is 3.16. The van der Waals surface area contributed by atoms with Crippen LogP contribution in [0.5, 0.6) is 0 Å². The Hall–Kier alpha value is -3.16. The monoisotopic (exact) mass is 392 g/mol. The smallest absolute Gasteiger partial charge is 0.128 e. The first-order valence-electron chi connectivity index (χ1n) is 9.62. The van der Waals surface area contributed by atoms with E-state index < -0.39 is 6.04 Å². The number of allylic oxidation sites excluding steroid dienone is 1. The number of morpholine rings is 1. The Morgan fingerprint density at radius 2 is 2.03 bits per heavy atom. The summed E-state index contributed by atoms with van der Waals surface area (Å²) in [5, 5.41) is 0. The molecule has 152 valence electrons. The molecule has 7 heteroatoms. The molecule has 2 aromatic rings. The fourth-order valence-corrected chi connectivity index (χ4v) is 3.16. The number of anilines is 1. The highest BCUT2D eigenvalue weighted by Crippen LogP contribution is 2.21. The Kier molecular flexibility index (Phi) is 6.99. The third-order valence-corrected chi connectivity index (χ3v) is 4.76. The summed E-state index contributed by atoms with van der Waals surface area (Å²) in [5.74, 6) is 1.18. The molecular weight excluding hydrogens is 364 g/mol. The first-order valence-corrected chi connectivity index (χ1v) is 9.62. The summed E-state index contributed by atoms with van der Waals surface area (Å²) >= 11 is 0. The largest absolute Gasteiger partial charge is 0.404 e. The third-order valence-electron chi connectivity index (χ3n) is 4.76. The summed E-state index contributed by atoms with van der Waals surface area (Å²) in [6, 6.07) is 11.4. The molecule has 7 nitrogen and oxygen atoms in total. The van der Waals surface area contributed by atoms with Crippen molar-refractivity contribution in [2.24, 2.45) is 16.5 Å². The first-order chi connectivity index (χ1) is 14.1. The van der Waals surface area contributed by atoms with Crippen LogP contribution < -0.4 is 17.2 Å². The van der Waals surface area contributed by atoms with Gasteiger partial charge in [-0.1, -0.05) is 35.9 Å². The molecule has 1 unspecified atom stereocenters. The van der Waals surface area contributed by atoms with Crippen LogP contribution >= 0.6 is 0 Å². The number of nitrogens with two attached hydrogens (primary N) is 3. The van der Waals surface area contributed by atoms with E-state index in [1.165, 1.54) is 0 Å². The average Bonchev–Trinajstić information content (AvgIpc) is 2.74. The number of pyridine rings is 1. The van der Waals surface area contributed by atoms with Gasteiger partial charge in [0.25, 0.3) is 0 Å². The molecule has 3 rings (SSSR count). The van der Waals surface area contributed by atoms with Crippen LogP contribution in [0, 0.1) is 6.92 Å². The zero-order chi connectivity index (χ0) is 20.6. The number of aliphatic imine (C=N–C) groups is 1. The van der Waals surface area contributed by atoms with Crippen LogP contribution in [-0.4, -0.2) is 42.4 Å². The zero-order valence-corrected chi connectivity index (χ0v) is 16.7. The van der Waals surface area contributed by atoms with Gasteiger partial charge >= 0.3 is 0 Å². The highest BCUT2D eigenvalue weighted by atomic mass is 16.5. The van der Waals surface area contributed by atoms with Crippen molar-refractivity contribution in [3.05, 3.63) is 77.4 Å². The normalized spacial score (nSPS) is 17.0. The third kappa shape index (κ3) is 5.43. The number of nitrogen functional groups attached to an aromatic ring is 1. The molecule has 29 heavy (non-hydrogen) atoms. The molecule has 0 radical (unpaired) electrons.